The fourth-order valence-corrected chi connectivity index (χ4v) is 3.66. The van der Waals surface area contributed by atoms with Crippen molar-refractivity contribution in [1.82, 2.24) is 24.9 Å². The molecule has 2 aromatic heterocycles. The van der Waals surface area contributed by atoms with E-state index in [0.717, 1.165) is 41.3 Å². The predicted molar refractivity (Wildman–Crippen MR) is 103 cm³/mol. The Morgan fingerprint density at radius 3 is 2.41 bits per heavy atom. The molecule has 0 aliphatic carbocycles. The number of benzene rings is 1. The van der Waals surface area contributed by atoms with Gasteiger partial charge in [0.2, 0.25) is 0 Å². The first-order chi connectivity index (χ1) is 13.0. The van der Waals surface area contributed by atoms with Crippen LogP contribution in [0.4, 0.5) is 0 Å². The van der Waals surface area contributed by atoms with E-state index in [4.69, 9.17) is 0 Å². The van der Waals surface area contributed by atoms with E-state index < -0.39 is 0 Å². The Morgan fingerprint density at radius 2 is 1.78 bits per heavy atom. The number of rotatable bonds is 3. The molecule has 0 radical (unpaired) electrons. The largest absolute Gasteiger partial charge is 0.336 e. The Morgan fingerprint density at radius 1 is 1.00 bits per heavy atom. The molecule has 0 saturated carbocycles. The molecular weight excluding hydrogens is 338 g/mol. The summed E-state index contributed by atoms with van der Waals surface area (Å²) in [5, 5.41) is 12.9. The third kappa shape index (κ3) is 3.47. The summed E-state index contributed by atoms with van der Waals surface area (Å²) in [5.74, 6) is 0.0700. The van der Waals surface area contributed by atoms with E-state index in [2.05, 4.69) is 33.0 Å². The summed E-state index contributed by atoms with van der Waals surface area (Å²) in [5.41, 5.74) is 5.53. The van der Waals surface area contributed by atoms with Crippen LogP contribution in [-0.2, 0) is 0 Å². The molecule has 0 N–H and O–H groups in total. The van der Waals surface area contributed by atoms with Gasteiger partial charge >= 0.3 is 0 Å². The molecule has 3 heterocycles. The van der Waals surface area contributed by atoms with E-state index >= 15 is 0 Å². The summed E-state index contributed by atoms with van der Waals surface area (Å²) in [4.78, 5) is 14.8. The van der Waals surface area contributed by atoms with Crippen LogP contribution in [-0.4, -0.2) is 43.9 Å². The van der Waals surface area contributed by atoms with Crippen molar-refractivity contribution in [3.63, 3.8) is 0 Å². The Balaban J connectivity index is 1.47. The number of aromatic nitrogens is 4. The van der Waals surface area contributed by atoms with Crippen LogP contribution in [0, 0.1) is 20.8 Å². The SMILES string of the molecule is Cc1ccc(-c2ccc(C(=O)N3CC[C@H](n4nc(C)cc4C)C3)cc2)nn1. The van der Waals surface area contributed by atoms with Gasteiger partial charge in [-0.15, -0.1) is 0 Å². The van der Waals surface area contributed by atoms with Crippen molar-refractivity contribution < 1.29 is 4.79 Å². The highest BCUT2D eigenvalue weighted by molar-refractivity contribution is 5.94. The second kappa shape index (κ2) is 6.95. The molecule has 6 heteroatoms. The first kappa shape index (κ1) is 17.4. The molecular formula is C21H23N5O. The third-order valence-electron chi connectivity index (χ3n) is 5.07. The van der Waals surface area contributed by atoms with E-state index in [9.17, 15) is 4.79 Å². The van der Waals surface area contributed by atoms with Gasteiger partial charge in [0.25, 0.3) is 5.91 Å². The van der Waals surface area contributed by atoms with Crippen molar-refractivity contribution in [1.29, 1.82) is 0 Å². The van der Waals surface area contributed by atoms with E-state index in [-0.39, 0.29) is 11.9 Å². The number of aryl methyl sites for hydroxylation is 3. The third-order valence-corrected chi connectivity index (χ3v) is 5.07. The smallest absolute Gasteiger partial charge is 0.253 e. The van der Waals surface area contributed by atoms with Crippen LogP contribution in [0.5, 0.6) is 0 Å². The molecule has 138 valence electrons. The van der Waals surface area contributed by atoms with E-state index in [1.807, 2.05) is 55.1 Å². The maximum atomic E-state index is 12.9. The van der Waals surface area contributed by atoms with Crippen molar-refractivity contribution in [2.45, 2.75) is 33.2 Å². The highest BCUT2D eigenvalue weighted by Gasteiger charge is 2.29. The van der Waals surface area contributed by atoms with Gasteiger partial charge in [-0.1, -0.05) is 12.1 Å². The number of hydrogen-bond acceptors (Lipinski definition) is 4. The minimum Gasteiger partial charge on any atom is -0.336 e. The fraction of sp³-hybridized carbons (Fsp3) is 0.333. The summed E-state index contributed by atoms with van der Waals surface area (Å²) < 4.78 is 2.06. The standard InChI is InChI=1S/C21H23N5O/c1-14-4-9-20(23-22-14)17-5-7-18(8-6-17)21(27)25-11-10-19(13-25)26-16(3)12-15(2)24-26/h4-9,12,19H,10-11,13H2,1-3H3/t19-/m0/s1. The van der Waals surface area contributed by atoms with Crippen LogP contribution in [0.3, 0.4) is 0 Å². The van der Waals surface area contributed by atoms with Gasteiger partial charge in [-0.2, -0.15) is 15.3 Å². The highest BCUT2D eigenvalue weighted by Crippen LogP contribution is 2.25. The second-order valence-corrected chi connectivity index (χ2v) is 7.20. The van der Waals surface area contributed by atoms with E-state index in [1.165, 1.54) is 0 Å². The molecule has 1 saturated heterocycles. The number of likely N-dealkylation sites (tertiary alicyclic amines) is 1. The molecule has 0 unspecified atom stereocenters. The molecule has 3 aromatic rings. The van der Waals surface area contributed by atoms with Gasteiger partial charge in [-0.3, -0.25) is 9.48 Å². The lowest BCUT2D eigenvalue weighted by Gasteiger charge is -2.17. The monoisotopic (exact) mass is 361 g/mol. The molecule has 4 rings (SSSR count). The zero-order valence-corrected chi connectivity index (χ0v) is 15.9. The van der Waals surface area contributed by atoms with Gasteiger partial charge < -0.3 is 4.90 Å². The Bertz CT molecular complexity index is 959. The van der Waals surface area contributed by atoms with Crippen molar-refractivity contribution >= 4 is 5.91 Å². The van der Waals surface area contributed by atoms with Crippen LogP contribution in [0.2, 0.25) is 0 Å². The zero-order valence-electron chi connectivity index (χ0n) is 15.9. The molecule has 1 aliphatic heterocycles. The molecule has 1 aliphatic rings. The Labute approximate surface area is 158 Å². The van der Waals surface area contributed by atoms with Crippen molar-refractivity contribution in [3.05, 3.63) is 65.1 Å². The Kier molecular flexibility index (Phi) is 4.48. The topological polar surface area (TPSA) is 63.9 Å². The van der Waals surface area contributed by atoms with Gasteiger partial charge in [0.15, 0.2) is 0 Å². The van der Waals surface area contributed by atoms with Gasteiger partial charge in [-0.25, -0.2) is 0 Å². The number of carbonyl (C=O) groups excluding carboxylic acids is 1. The molecule has 1 amide bonds. The van der Waals surface area contributed by atoms with Crippen molar-refractivity contribution in [3.8, 4) is 11.3 Å². The van der Waals surface area contributed by atoms with Crippen LogP contribution < -0.4 is 0 Å². The number of carbonyl (C=O) groups is 1. The van der Waals surface area contributed by atoms with Crippen LogP contribution in [0.15, 0.2) is 42.5 Å². The summed E-state index contributed by atoms with van der Waals surface area (Å²) >= 11 is 0. The number of nitrogens with zero attached hydrogens (tertiary/aromatic N) is 5. The molecule has 1 fully saturated rings. The molecule has 1 aromatic carbocycles. The zero-order chi connectivity index (χ0) is 19.0. The molecule has 27 heavy (non-hydrogen) atoms. The second-order valence-electron chi connectivity index (χ2n) is 7.20. The van der Waals surface area contributed by atoms with Crippen LogP contribution in [0.1, 0.15) is 39.9 Å². The first-order valence-corrected chi connectivity index (χ1v) is 9.24. The lowest BCUT2D eigenvalue weighted by molar-refractivity contribution is 0.0787. The van der Waals surface area contributed by atoms with Crippen molar-refractivity contribution in [2.24, 2.45) is 0 Å². The highest BCUT2D eigenvalue weighted by atomic mass is 16.2. The van der Waals surface area contributed by atoms with Gasteiger partial charge in [0.05, 0.1) is 23.1 Å². The van der Waals surface area contributed by atoms with Gasteiger partial charge in [0.1, 0.15) is 0 Å². The lowest BCUT2D eigenvalue weighted by atomic mass is 10.1. The lowest BCUT2D eigenvalue weighted by Crippen LogP contribution is -2.29. The quantitative estimate of drug-likeness (QED) is 0.718. The molecule has 6 nitrogen and oxygen atoms in total. The van der Waals surface area contributed by atoms with Gasteiger partial charge in [-0.05, 0) is 57.5 Å². The summed E-state index contributed by atoms with van der Waals surface area (Å²) in [7, 11) is 0. The molecule has 0 spiro atoms. The van der Waals surface area contributed by atoms with Gasteiger partial charge in [0, 0.05) is 29.9 Å². The maximum absolute atomic E-state index is 12.9. The Hall–Kier alpha value is -3.02. The van der Waals surface area contributed by atoms with Crippen LogP contribution in [0.25, 0.3) is 11.3 Å². The van der Waals surface area contributed by atoms with E-state index in [0.29, 0.717) is 12.1 Å². The number of hydrogen-bond donors (Lipinski definition) is 0. The number of amides is 1. The summed E-state index contributed by atoms with van der Waals surface area (Å²) in [6.45, 7) is 7.44. The normalized spacial score (nSPS) is 16.7. The average molecular weight is 361 g/mol. The predicted octanol–water partition coefficient (Wildman–Crippen LogP) is 3.35. The van der Waals surface area contributed by atoms with Crippen LogP contribution >= 0.6 is 0 Å². The minimum absolute atomic E-state index is 0.0700. The molecule has 0 bridgehead atoms. The first-order valence-electron chi connectivity index (χ1n) is 9.24. The summed E-state index contributed by atoms with van der Waals surface area (Å²) in [6.07, 6.45) is 0.935. The average Bonchev–Trinajstić information content (AvgIpc) is 3.28. The fourth-order valence-electron chi connectivity index (χ4n) is 3.66. The van der Waals surface area contributed by atoms with E-state index in [1.54, 1.807) is 0 Å². The van der Waals surface area contributed by atoms with Crippen molar-refractivity contribution in [2.75, 3.05) is 13.1 Å². The molecule has 1 atom stereocenters. The minimum atomic E-state index is 0.0700. The maximum Gasteiger partial charge on any atom is 0.253 e. The summed E-state index contributed by atoms with van der Waals surface area (Å²) in [6, 6.07) is 13.8.